The molecule has 0 aliphatic carbocycles. The van der Waals surface area contributed by atoms with Crippen molar-refractivity contribution in [2.45, 2.75) is 6.42 Å². The Kier molecular flexibility index (Phi) is 5.64. The number of hydrogen-bond acceptors (Lipinski definition) is 1. The average molecular weight is 261 g/mol. The van der Waals surface area contributed by atoms with Gasteiger partial charge in [-0.2, -0.15) is 0 Å². The summed E-state index contributed by atoms with van der Waals surface area (Å²) in [6, 6.07) is 18.3. The van der Waals surface area contributed by atoms with Crippen LogP contribution in [0.25, 0.3) is 6.08 Å². The molecule has 0 saturated carbocycles. The fourth-order valence-corrected chi connectivity index (χ4v) is 1.86. The standard InChI is InChI=1S/C19H19N/c1-20-16-8-7-13-18-11-5-6-12-19(18)15-14-17-9-3-2-4-10-17/h2-7,9-13,20H,8,16H2,1H3/b13-7+. The SMILES string of the molecule is CNCC/C=C/c1ccccc1C#Cc1ccccc1. The van der Waals surface area contributed by atoms with Crippen molar-refractivity contribution >= 4 is 6.08 Å². The molecule has 0 aliphatic heterocycles. The predicted octanol–water partition coefficient (Wildman–Crippen LogP) is 3.71. The summed E-state index contributed by atoms with van der Waals surface area (Å²) in [7, 11) is 1.97. The van der Waals surface area contributed by atoms with Crippen molar-refractivity contribution in [2.24, 2.45) is 0 Å². The van der Waals surface area contributed by atoms with Gasteiger partial charge >= 0.3 is 0 Å². The van der Waals surface area contributed by atoms with Crippen LogP contribution >= 0.6 is 0 Å². The molecule has 20 heavy (non-hydrogen) atoms. The maximum absolute atomic E-state index is 3.25. The van der Waals surface area contributed by atoms with Crippen LogP contribution in [-0.2, 0) is 0 Å². The minimum atomic E-state index is 0.994. The van der Waals surface area contributed by atoms with Crippen LogP contribution in [0.5, 0.6) is 0 Å². The summed E-state index contributed by atoms with van der Waals surface area (Å²) < 4.78 is 0. The summed E-state index contributed by atoms with van der Waals surface area (Å²) in [5, 5.41) is 3.14. The van der Waals surface area contributed by atoms with Gasteiger partial charge in [0.1, 0.15) is 0 Å². The van der Waals surface area contributed by atoms with Crippen molar-refractivity contribution in [3.63, 3.8) is 0 Å². The lowest BCUT2D eigenvalue weighted by molar-refractivity contribution is 0.809. The van der Waals surface area contributed by atoms with E-state index >= 15 is 0 Å². The lowest BCUT2D eigenvalue weighted by Crippen LogP contribution is -2.05. The number of nitrogens with one attached hydrogen (secondary N) is 1. The van der Waals surface area contributed by atoms with Gasteiger partial charge in [0.2, 0.25) is 0 Å². The van der Waals surface area contributed by atoms with Crippen LogP contribution in [0.3, 0.4) is 0 Å². The maximum atomic E-state index is 3.25. The van der Waals surface area contributed by atoms with Gasteiger partial charge < -0.3 is 5.32 Å². The van der Waals surface area contributed by atoms with E-state index in [9.17, 15) is 0 Å². The van der Waals surface area contributed by atoms with Gasteiger partial charge in [-0.1, -0.05) is 60.4 Å². The predicted molar refractivity (Wildman–Crippen MR) is 86.4 cm³/mol. The fourth-order valence-electron chi connectivity index (χ4n) is 1.86. The molecule has 0 aromatic heterocycles. The van der Waals surface area contributed by atoms with Gasteiger partial charge in [-0.15, -0.1) is 0 Å². The van der Waals surface area contributed by atoms with Gasteiger partial charge in [0.05, 0.1) is 0 Å². The second kappa shape index (κ2) is 7.99. The van der Waals surface area contributed by atoms with Crippen LogP contribution in [0.2, 0.25) is 0 Å². The second-order valence-corrected chi connectivity index (χ2v) is 4.50. The van der Waals surface area contributed by atoms with E-state index in [-0.39, 0.29) is 0 Å². The van der Waals surface area contributed by atoms with Crippen molar-refractivity contribution in [3.05, 3.63) is 77.4 Å². The smallest absolute Gasteiger partial charge is 0.0321 e. The lowest BCUT2D eigenvalue weighted by Gasteiger charge is -1.98. The zero-order chi connectivity index (χ0) is 14.0. The number of benzene rings is 2. The monoisotopic (exact) mass is 261 g/mol. The largest absolute Gasteiger partial charge is 0.319 e. The van der Waals surface area contributed by atoms with Gasteiger partial charge in [0.25, 0.3) is 0 Å². The van der Waals surface area contributed by atoms with Crippen molar-refractivity contribution in [1.82, 2.24) is 5.32 Å². The Morgan fingerprint density at radius 2 is 1.70 bits per heavy atom. The van der Waals surface area contributed by atoms with Gasteiger partial charge in [-0.3, -0.25) is 0 Å². The van der Waals surface area contributed by atoms with Gasteiger partial charge in [0, 0.05) is 11.1 Å². The third-order valence-corrected chi connectivity index (χ3v) is 2.93. The summed E-state index contributed by atoms with van der Waals surface area (Å²) in [4.78, 5) is 0. The molecule has 0 fully saturated rings. The van der Waals surface area contributed by atoms with Crippen molar-refractivity contribution in [3.8, 4) is 11.8 Å². The van der Waals surface area contributed by atoms with Crippen LogP contribution < -0.4 is 5.32 Å². The highest BCUT2D eigenvalue weighted by Crippen LogP contribution is 2.10. The summed E-state index contributed by atoms with van der Waals surface area (Å²) in [6.45, 7) is 0.994. The maximum Gasteiger partial charge on any atom is 0.0321 e. The highest BCUT2D eigenvalue weighted by Gasteiger charge is 1.94. The highest BCUT2D eigenvalue weighted by atomic mass is 14.8. The minimum Gasteiger partial charge on any atom is -0.319 e. The molecule has 2 aromatic rings. The zero-order valence-corrected chi connectivity index (χ0v) is 11.8. The quantitative estimate of drug-likeness (QED) is 0.653. The van der Waals surface area contributed by atoms with Crippen LogP contribution in [0.4, 0.5) is 0 Å². The number of hydrogen-bond donors (Lipinski definition) is 1. The average Bonchev–Trinajstić information content (AvgIpc) is 2.51. The third-order valence-electron chi connectivity index (χ3n) is 2.93. The van der Waals surface area contributed by atoms with Gasteiger partial charge in [-0.25, -0.2) is 0 Å². The molecule has 0 unspecified atom stereocenters. The van der Waals surface area contributed by atoms with E-state index in [0.29, 0.717) is 0 Å². The Labute approximate surface area is 121 Å². The highest BCUT2D eigenvalue weighted by molar-refractivity contribution is 5.60. The molecule has 2 aromatic carbocycles. The Bertz CT molecular complexity index is 615. The van der Waals surface area contributed by atoms with E-state index in [4.69, 9.17) is 0 Å². The zero-order valence-electron chi connectivity index (χ0n) is 11.8. The molecule has 0 bridgehead atoms. The van der Waals surface area contributed by atoms with Crippen LogP contribution in [0.1, 0.15) is 23.1 Å². The van der Waals surface area contributed by atoms with E-state index in [1.165, 1.54) is 5.56 Å². The molecule has 100 valence electrons. The van der Waals surface area contributed by atoms with Crippen molar-refractivity contribution < 1.29 is 0 Å². The molecule has 0 atom stereocenters. The van der Waals surface area contributed by atoms with E-state index in [1.807, 2.05) is 49.5 Å². The summed E-state index contributed by atoms with van der Waals surface area (Å²) in [5.74, 6) is 6.46. The first-order valence-corrected chi connectivity index (χ1v) is 6.87. The molecule has 0 aliphatic rings. The Morgan fingerprint density at radius 3 is 2.50 bits per heavy atom. The molecule has 0 saturated heterocycles. The first-order valence-electron chi connectivity index (χ1n) is 6.87. The van der Waals surface area contributed by atoms with Gasteiger partial charge in [-0.05, 0) is 43.8 Å². The number of rotatable bonds is 4. The van der Waals surface area contributed by atoms with Crippen molar-refractivity contribution in [2.75, 3.05) is 13.6 Å². The molecule has 0 radical (unpaired) electrons. The first kappa shape index (κ1) is 14.1. The molecule has 2 rings (SSSR count). The summed E-state index contributed by atoms with van der Waals surface area (Å²) in [5.41, 5.74) is 3.28. The molecule has 0 spiro atoms. The van der Waals surface area contributed by atoms with Crippen LogP contribution in [0.15, 0.2) is 60.7 Å². The molecule has 1 heteroatoms. The summed E-state index contributed by atoms with van der Waals surface area (Å²) in [6.07, 6.45) is 5.35. The van der Waals surface area contributed by atoms with E-state index in [1.54, 1.807) is 0 Å². The second-order valence-electron chi connectivity index (χ2n) is 4.50. The Balaban J connectivity index is 2.16. The van der Waals surface area contributed by atoms with Crippen LogP contribution in [-0.4, -0.2) is 13.6 Å². The molecule has 1 nitrogen and oxygen atoms in total. The van der Waals surface area contributed by atoms with Crippen molar-refractivity contribution in [1.29, 1.82) is 0 Å². The normalized spacial score (nSPS) is 10.2. The van der Waals surface area contributed by atoms with Gasteiger partial charge in [0.15, 0.2) is 0 Å². The van der Waals surface area contributed by atoms with E-state index in [0.717, 1.165) is 24.1 Å². The van der Waals surface area contributed by atoms with E-state index < -0.39 is 0 Å². The first-order chi connectivity index (χ1) is 9.90. The topological polar surface area (TPSA) is 12.0 Å². The third kappa shape index (κ3) is 4.42. The molecular formula is C19H19N. The van der Waals surface area contributed by atoms with E-state index in [2.05, 4.69) is 41.4 Å². The lowest BCUT2D eigenvalue weighted by atomic mass is 10.1. The Morgan fingerprint density at radius 1 is 0.950 bits per heavy atom. The molecular weight excluding hydrogens is 242 g/mol. The minimum absolute atomic E-state index is 0.994. The molecule has 0 heterocycles. The molecule has 0 amide bonds. The Hall–Kier alpha value is -2.30. The summed E-state index contributed by atoms with van der Waals surface area (Å²) >= 11 is 0. The van der Waals surface area contributed by atoms with Crippen LogP contribution in [0, 0.1) is 11.8 Å². The molecule has 1 N–H and O–H groups in total. The fraction of sp³-hybridized carbons (Fsp3) is 0.158.